The lowest BCUT2D eigenvalue weighted by atomic mass is 10.2. The maximum atomic E-state index is 12.0. The minimum atomic E-state index is -2.80. The number of hydrogen-bond acceptors (Lipinski definition) is 3. The number of halogens is 2. The van der Waals surface area contributed by atoms with Gasteiger partial charge in [-0.05, 0) is 60.4 Å². The Hall–Kier alpha value is -1.88. The van der Waals surface area contributed by atoms with Gasteiger partial charge in [-0.25, -0.2) is 0 Å². The Morgan fingerprint density at radius 3 is 2.25 bits per heavy atom. The normalized spacial score (nSPS) is 11.2. The molecule has 0 N–H and O–H groups in total. The molecule has 0 aromatic heterocycles. The van der Waals surface area contributed by atoms with Crippen molar-refractivity contribution in [1.29, 1.82) is 0 Å². The largest absolute Gasteiger partial charge is 0.435 e. The second-order valence-electron chi connectivity index (χ2n) is 3.90. The number of ether oxygens (including phenoxy) is 1. The van der Waals surface area contributed by atoms with E-state index in [-0.39, 0.29) is 5.75 Å². The highest BCUT2D eigenvalue weighted by Crippen LogP contribution is 2.19. The van der Waals surface area contributed by atoms with E-state index in [2.05, 4.69) is 9.73 Å². The van der Waals surface area contributed by atoms with Crippen LogP contribution in [0.5, 0.6) is 5.75 Å². The predicted molar refractivity (Wildman–Crippen MR) is 78.6 cm³/mol. The van der Waals surface area contributed by atoms with Gasteiger partial charge in [-0.2, -0.15) is 8.78 Å². The van der Waals surface area contributed by atoms with Crippen molar-refractivity contribution in [2.45, 2.75) is 11.5 Å². The summed E-state index contributed by atoms with van der Waals surface area (Å²) in [6.45, 7) is -2.80. The van der Waals surface area contributed by atoms with Gasteiger partial charge in [-0.15, -0.1) is 11.8 Å². The average molecular weight is 293 g/mol. The number of benzene rings is 2. The second kappa shape index (κ2) is 7.05. The first-order valence-corrected chi connectivity index (χ1v) is 7.13. The Morgan fingerprint density at radius 1 is 1.05 bits per heavy atom. The van der Waals surface area contributed by atoms with Crippen molar-refractivity contribution in [3.8, 4) is 5.75 Å². The van der Waals surface area contributed by atoms with Gasteiger partial charge in [0.1, 0.15) is 5.75 Å². The van der Waals surface area contributed by atoms with E-state index in [4.69, 9.17) is 0 Å². The SMILES string of the molecule is CSc1ccc(/N=C/c2ccc(OC(F)F)cc2)cc1. The van der Waals surface area contributed by atoms with Crippen LogP contribution < -0.4 is 4.74 Å². The standard InChI is InChI=1S/C15H13F2NOS/c1-20-14-8-4-12(5-9-14)18-10-11-2-6-13(7-3-11)19-15(16)17/h2-10,15H,1H3/b18-10+. The van der Waals surface area contributed by atoms with Crippen molar-refractivity contribution in [2.75, 3.05) is 6.26 Å². The third kappa shape index (κ3) is 4.35. The first-order chi connectivity index (χ1) is 9.67. The van der Waals surface area contributed by atoms with Gasteiger partial charge in [0.15, 0.2) is 0 Å². The lowest BCUT2D eigenvalue weighted by Crippen LogP contribution is -2.01. The Balaban J connectivity index is 2.03. The molecule has 0 saturated carbocycles. The van der Waals surface area contributed by atoms with E-state index in [9.17, 15) is 8.78 Å². The molecule has 2 aromatic carbocycles. The molecule has 0 saturated heterocycles. The molecule has 2 aromatic rings. The second-order valence-corrected chi connectivity index (χ2v) is 4.78. The van der Waals surface area contributed by atoms with Crippen molar-refractivity contribution >= 4 is 23.7 Å². The summed E-state index contributed by atoms with van der Waals surface area (Å²) in [5, 5.41) is 0. The lowest BCUT2D eigenvalue weighted by Gasteiger charge is -2.03. The number of alkyl halides is 2. The van der Waals surface area contributed by atoms with Gasteiger partial charge >= 0.3 is 6.61 Å². The molecule has 5 heteroatoms. The zero-order chi connectivity index (χ0) is 14.4. The van der Waals surface area contributed by atoms with E-state index in [1.54, 1.807) is 30.1 Å². The van der Waals surface area contributed by atoms with E-state index in [0.29, 0.717) is 0 Å². The Bertz CT molecular complexity index is 567. The van der Waals surface area contributed by atoms with Crippen molar-refractivity contribution in [3.05, 3.63) is 54.1 Å². The quantitative estimate of drug-likeness (QED) is 0.585. The molecule has 0 aliphatic carbocycles. The van der Waals surface area contributed by atoms with Gasteiger partial charge in [0.2, 0.25) is 0 Å². The molecule has 2 nitrogen and oxygen atoms in total. The summed E-state index contributed by atoms with van der Waals surface area (Å²) in [7, 11) is 0. The minimum absolute atomic E-state index is 0.140. The summed E-state index contributed by atoms with van der Waals surface area (Å²) < 4.78 is 28.3. The summed E-state index contributed by atoms with van der Waals surface area (Å²) in [5.74, 6) is 0.140. The molecule has 104 valence electrons. The molecular weight excluding hydrogens is 280 g/mol. The van der Waals surface area contributed by atoms with Crippen molar-refractivity contribution < 1.29 is 13.5 Å². The zero-order valence-corrected chi connectivity index (χ0v) is 11.6. The summed E-state index contributed by atoms with van der Waals surface area (Å²) in [6, 6.07) is 14.2. The maximum Gasteiger partial charge on any atom is 0.387 e. The first-order valence-electron chi connectivity index (χ1n) is 5.90. The Kier molecular flexibility index (Phi) is 5.12. The summed E-state index contributed by atoms with van der Waals surface area (Å²) in [6.07, 6.45) is 3.70. The van der Waals surface area contributed by atoms with Crippen LogP contribution in [0.1, 0.15) is 5.56 Å². The van der Waals surface area contributed by atoms with Gasteiger partial charge in [0.25, 0.3) is 0 Å². The summed E-state index contributed by atoms with van der Waals surface area (Å²) in [5.41, 5.74) is 1.66. The molecule has 0 heterocycles. The van der Waals surface area contributed by atoms with Gasteiger partial charge in [0.05, 0.1) is 5.69 Å². The molecule has 0 unspecified atom stereocenters. The van der Waals surface area contributed by atoms with Crippen LogP contribution in [0.4, 0.5) is 14.5 Å². The van der Waals surface area contributed by atoms with E-state index >= 15 is 0 Å². The van der Waals surface area contributed by atoms with Crippen molar-refractivity contribution in [1.82, 2.24) is 0 Å². The number of thioether (sulfide) groups is 1. The van der Waals surface area contributed by atoms with Crippen LogP contribution in [-0.2, 0) is 0 Å². The maximum absolute atomic E-state index is 12.0. The summed E-state index contributed by atoms with van der Waals surface area (Å²) in [4.78, 5) is 5.50. The first kappa shape index (κ1) is 14.5. The topological polar surface area (TPSA) is 21.6 Å². The molecule has 0 aliphatic rings. The number of nitrogens with zero attached hydrogens (tertiary/aromatic N) is 1. The number of aliphatic imine (C=N–C) groups is 1. The minimum Gasteiger partial charge on any atom is -0.435 e. The van der Waals surface area contributed by atoms with Gasteiger partial charge in [-0.3, -0.25) is 4.99 Å². The van der Waals surface area contributed by atoms with Crippen molar-refractivity contribution in [3.63, 3.8) is 0 Å². The van der Waals surface area contributed by atoms with Crippen LogP contribution in [0.15, 0.2) is 58.4 Å². The van der Waals surface area contributed by atoms with Crippen LogP contribution >= 0.6 is 11.8 Å². The molecule has 0 aliphatic heterocycles. The fraction of sp³-hybridized carbons (Fsp3) is 0.133. The van der Waals surface area contributed by atoms with E-state index in [1.165, 1.54) is 17.0 Å². The highest BCUT2D eigenvalue weighted by Gasteiger charge is 2.02. The van der Waals surface area contributed by atoms with Crippen molar-refractivity contribution in [2.24, 2.45) is 4.99 Å². The average Bonchev–Trinajstić information content (AvgIpc) is 2.46. The molecule has 0 spiro atoms. The number of rotatable bonds is 5. The highest BCUT2D eigenvalue weighted by atomic mass is 32.2. The Morgan fingerprint density at radius 2 is 1.70 bits per heavy atom. The molecule has 0 atom stereocenters. The molecular formula is C15H13F2NOS. The van der Waals surface area contributed by atoms with E-state index in [1.807, 2.05) is 30.5 Å². The molecule has 0 radical (unpaired) electrons. The smallest absolute Gasteiger partial charge is 0.387 e. The van der Waals surface area contributed by atoms with Gasteiger partial charge in [0, 0.05) is 11.1 Å². The monoisotopic (exact) mass is 293 g/mol. The van der Waals surface area contributed by atoms with Crippen LogP contribution in [0.2, 0.25) is 0 Å². The molecule has 2 rings (SSSR count). The van der Waals surface area contributed by atoms with Crippen LogP contribution in [0.25, 0.3) is 0 Å². The van der Waals surface area contributed by atoms with Crippen LogP contribution in [-0.4, -0.2) is 19.1 Å². The molecule has 0 fully saturated rings. The third-order valence-corrected chi connectivity index (χ3v) is 3.28. The fourth-order valence-electron chi connectivity index (χ4n) is 1.55. The van der Waals surface area contributed by atoms with E-state index in [0.717, 1.165) is 11.3 Å². The van der Waals surface area contributed by atoms with Gasteiger partial charge < -0.3 is 4.74 Å². The Labute approximate surface area is 120 Å². The zero-order valence-electron chi connectivity index (χ0n) is 10.8. The predicted octanol–water partition coefficient (Wildman–Crippen LogP) is 4.76. The third-order valence-electron chi connectivity index (χ3n) is 2.54. The summed E-state index contributed by atoms with van der Waals surface area (Å²) >= 11 is 1.67. The van der Waals surface area contributed by atoms with Crippen LogP contribution in [0.3, 0.4) is 0 Å². The highest BCUT2D eigenvalue weighted by molar-refractivity contribution is 7.98. The van der Waals surface area contributed by atoms with Crippen LogP contribution in [0, 0.1) is 0 Å². The molecule has 0 bridgehead atoms. The molecule has 0 amide bonds. The fourth-order valence-corrected chi connectivity index (χ4v) is 1.96. The van der Waals surface area contributed by atoms with E-state index < -0.39 is 6.61 Å². The molecule has 20 heavy (non-hydrogen) atoms. The lowest BCUT2D eigenvalue weighted by molar-refractivity contribution is -0.0498. The van der Waals surface area contributed by atoms with Gasteiger partial charge in [-0.1, -0.05) is 0 Å². The number of hydrogen-bond donors (Lipinski definition) is 0.